The molecule has 9 heavy (non-hydrogen) atoms. The van der Waals surface area contributed by atoms with Crippen LogP contribution < -0.4 is 56.7 Å². The molecule has 0 aromatic rings. The summed E-state index contributed by atoms with van der Waals surface area (Å²) in [6.07, 6.45) is 2.34. The molecule has 1 nitrogen and oxygen atoms in total. The molecule has 0 unspecified atom stereocenters. The van der Waals surface area contributed by atoms with Crippen LogP contribution in [0.3, 0.4) is 0 Å². The number of hydrogen-bond acceptors (Lipinski definition) is 2. The Bertz CT molecular complexity index is 77.4. The van der Waals surface area contributed by atoms with Crippen molar-refractivity contribution in [2.24, 2.45) is 0 Å². The van der Waals surface area contributed by atoms with E-state index in [1.807, 2.05) is 0 Å². The van der Waals surface area contributed by atoms with E-state index in [4.69, 9.17) is 0 Å². The average Bonchev–Trinajstić information content (AvgIpc) is 1.66. The summed E-state index contributed by atoms with van der Waals surface area (Å²) in [5, 5.41) is 2.89. The van der Waals surface area contributed by atoms with Gasteiger partial charge in [-0.25, -0.2) is 0 Å². The third kappa shape index (κ3) is 12.8. The fourth-order valence-electron chi connectivity index (χ4n) is 0.367. The predicted octanol–water partition coefficient (Wildman–Crippen LogP) is -1.79. The summed E-state index contributed by atoms with van der Waals surface area (Å²) in [6, 6.07) is 0. The maximum absolute atomic E-state index is 4.61. The van der Waals surface area contributed by atoms with Gasteiger partial charge in [0.05, 0.1) is 0 Å². The molecule has 1 N–H and O–H groups in total. The van der Waals surface area contributed by atoms with Gasteiger partial charge in [-0.3, -0.25) is 0 Å². The van der Waals surface area contributed by atoms with Crippen molar-refractivity contribution in [1.82, 2.24) is 5.32 Å². The van der Waals surface area contributed by atoms with Crippen molar-refractivity contribution in [1.29, 1.82) is 0 Å². The minimum absolute atomic E-state index is 0. The van der Waals surface area contributed by atoms with Gasteiger partial charge in [0.2, 0.25) is 0 Å². The third-order valence-electron chi connectivity index (χ3n) is 0.800. The summed E-state index contributed by atoms with van der Waals surface area (Å²) >= 11 is 9.23. The smallest absolute Gasteiger partial charge is 0.412 e. The molecule has 0 atom stereocenters. The maximum atomic E-state index is 4.61. The summed E-state index contributed by atoms with van der Waals surface area (Å²) in [4.78, 5) is 0. The van der Waals surface area contributed by atoms with Gasteiger partial charge in [-0.1, -0.05) is 17.7 Å². The van der Waals surface area contributed by atoms with E-state index in [0.29, 0.717) is 4.32 Å². The van der Waals surface area contributed by atoms with E-state index in [-0.39, 0.29) is 51.4 Å². The van der Waals surface area contributed by atoms with E-state index >= 15 is 0 Å². The molecule has 0 aliphatic rings. The number of unbranched alkanes of at least 4 members (excludes halogenated alkanes) is 1. The quantitative estimate of drug-likeness (QED) is 0.243. The van der Waals surface area contributed by atoms with E-state index < -0.39 is 0 Å². The Hall–Kier alpha value is 1.75. The molecular weight excluding hydrogens is 177 g/mol. The normalized spacial score (nSPS) is 7.67. The molecule has 0 aliphatic heterocycles. The molecule has 0 radical (unpaired) electrons. The Morgan fingerprint density at radius 2 is 2.22 bits per heavy atom. The number of rotatable bonds is 3. The van der Waals surface area contributed by atoms with Gasteiger partial charge in [-0.05, 0) is 6.42 Å². The van der Waals surface area contributed by atoms with Gasteiger partial charge in [-0.15, -0.1) is 0 Å². The second-order valence-corrected chi connectivity index (χ2v) is 2.64. The molecule has 0 amide bonds. The Morgan fingerprint density at radius 3 is 2.56 bits per heavy atom. The van der Waals surface area contributed by atoms with E-state index in [9.17, 15) is 0 Å². The SMILES string of the molecule is CCCCNC(=S)[S-].[K+]. The molecule has 0 bridgehead atoms. The molecular formula is C5H10KNS2. The van der Waals surface area contributed by atoms with Gasteiger partial charge in [0, 0.05) is 6.54 Å². The predicted molar refractivity (Wildman–Crippen MR) is 42.9 cm³/mol. The number of hydrogen-bond donors (Lipinski definition) is 1. The summed E-state index contributed by atoms with van der Waals surface area (Å²) in [7, 11) is 0. The van der Waals surface area contributed by atoms with E-state index in [0.717, 1.165) is 13.0 Å². The number of nitrogens with one attached hydrogen (secondary N) is 1. The Morgan fingerprint density at radius 1 is 1.67 bits per heavy atom. The fraction of sp³-hybridized carbons (Fsp3) is 0.800. The molecule has 0 heterocycles. The molecule has 48 valence electrons. The van der Waals surface area contributed by atoms with Crippen molar-refractivity contribution >= 4 is 29.2 Å². The molecule has 0 aromatic carbocycles. The Balaban J connectivity index is 0. The van der Waals surface area contributed by atoms with Crippen molar-refractivity contribution < 1.29 is 51.4 Å². The largest absolute Gasteiger partial charge is 1.00 e. The van der Waals surface area contributed by atoms with Gasteiger partial charge >= 0.3 is 51.4 Å². The third-order valence-corrected chi connectivity index (χ3v) is 1.09. The van der Waals surface area contributed by atoms with Crippen LogP contribution in [0.5, 0.6) is 0 Å². The molecule has 0 aromatic heterocycles. The van der Waals surface area contributed by atoms with Crippen LogP contribution in [0.1, 0.15) is 19.8 Å². The standard InChI is InChI=1S/C5H11NS2.K/c1-2-3-4-6-5(7)8;/h2-4H2,1H3,(H2,6,7,8);/q;+1/p-1. The maximum Gasteiger partial charge on any atom is 1.00 e. The van der Waals surface area contributed by atoms with Gasteiger partial charge in [0.1, 0.15) is 0 Å². The monoisotopic (exact) mass is 187 g/mol. The first-order valence-electron chi connectivity index (χ1n) is 2.72. The summed E-state index contributed by atoms with van der Waals surface area (Å²) in [5.74, 6) is 0. The van der Waals surface area contributed by atoms with Crippen LogP contribution >= 0.6 is 12.2 Å². The van der Waals surface area contributed by atoms with Crippen LogP contribution in [0.25, 0.3) is 0 Å². The van der Waals surface area contributed by atoms with Crippen LogP contribution in [0.15, 0.2) is 0 Å². The first-order chi connectivity index (χ1) is 3.77. The van der Waals surface area contributed by atoms with E-state index in [1.54, 1.807) is 0 Å². The van der Waals surface area contributed by atoms with Gasteiger partial charge in [0.25, 0.3) is 0 Å². The first-order valence-corrected chi connectivity index (χ1v) is 3.54. The molecule has 0 fully saturated rings. The minimum atomic E-state index is 0. The second kappa shape index (κ2) is 9.75. The van der Waals surface area contributed by atoms with Crippen molar-refractivity contribution in [2.45, 2.75) is 19.8 Å². The van der Waals surface area contributed by atoms with Crippen molar-refractivity contribution in [3.05, 3.63) is 0 Å². The zero-order valence-corrected chi connectivity index (χ0v) is 10.7. The van der Waals surface area contributed by atoms with Gasteiger partial charge < -0.3 is 30.2 Å². The van der Waals surface area contributed by atoms with Crippen LogP contribution in [0.2, 0.25) is 0 Å². The Kier molecular flexibility index (Phi) is 14.5. The summed E-state index contributed by atoms with van der Waals surface area (Å²) in [5.41, 5.74) is 0. The zero-order valence-electron chi connectivity index (χ0n) is 5.94. The summed E-state index contributed by atoms with van der Waals surface area (Å²) < 4.78 is 0.485. The molecule has 0 saturated carbocycles. The second-order valence-electron chi connectivity index (χ2n) is 1.57. The molecule has 0 aliphatic carbocycles. The van der Waals surface area contributed by atoms with Crippen LogP contribution in [0.4, 0.5) is 0 Å². The van der Waals surface area contributed by atoms with Crippen molar-refractivity contribution in [3.8, 4) is 0 Å². The van der Waals surface area contributed by atoms with E-state index in [2.05, 4.69) is 37.1 Å². The molecule has 4 heteroatoms. The van der Waals surface area contributed by atoms with E-state index in [1.165, 1.54) is 6.42 Å². The van der Waals surface area contributed by atoms with Crippen LogP contribution in [0, 0.1) is 0 Å². The topological polar surface area (TPSA) is 12.0 Å². The van der Waals surface area contributed by atoms with Crippen LogP contribution in [-0.2, 0) is 12.6 Å². The first kappa shape index (κ1) is 13.3. The van der Waals surface area contributed by atoms with Crippen LogP contribution in [-0.4, -0.2) is 10.9 Å². The molecule has 0 spiro atoms. The minimum Gasteiger partial charge on any atom is -0.412 e. The summed E-state index contributed by atoms with van der Waals surface area (Å²) in [6.45, 7) is 3.06. The molecule has 0 saturated heterocycles. The van der Waals surface area contributed by atoms with Crippen molar-refractivity contribution in [3.63, 3.8) is 0 Å². The zero-order chi connectivity index (χ0) is 6.41. The molecule has 0 rings (SSSR count). The average molecular weight is 187 g/mol. The Labute approximate surface area is 110 Å². The fourth-order valence-corrected chi connectivity index (χ4v) is 0.571. The van der Waals surface area contributed by atoms with Gasteiger partial charge in [-0.2, -0.15) is 0 Å². The van der Waals surface area contributed by atoms with Gasteiger partial charge in [0.15, 0.2) is 0 Å². The van der Waals surface area contributed by atoms with Crippen molar-refractivity contribution in [2.75, 3.05) is 6.54 Å². The number of thiocarbonyl (C=S) groups is 1.